The molecule has 1 aromatic heterocycles. The van der Waals surface area contributed by atoms with Gasteiger partial charge in [0.25, 0.3) is 0 Å². The first-order chi connectivity index (χ1) is 7.20. The Balaban J connectivity index is 2.03. The van der Waals surface area contributed by atoms with Gasteiger partial charge in [-0.05, 0) is 56.8 Å². The fourth-order valence-corrected chi connectivity index (χ4v) is 2.36. The molecule has 0 amide bonds. The molecule has 0 atom stereocenters. The van der Waals surface area contributed by atoms with Crippen molar-refractivity contribution in [2.45, 2.75) is 33.1 Å². The molecule has 0 saturated heterocycles. The second-order valence-electron chi connectivity index (χ2n) is 3.83. The summed E-state index contributed by atoms with van der Waals surface area (Å²) in [6.45, 7) is 5.76. The molecule has 0 bridgehead atoms. The van der Waals surface area contributed by atoms with E-state index in [9.17, 15) is 4.79 Å². The molecule has 1 rings (SSSR count). The van der Waals surface area contributed by atoms with Crippen molar-refractivity contribution < 1.29 is 4.79 Å². The fraction of sp³-hybridized carbons (Fsp3) is 0.583. The van der Waals surface area contributed by atoms with Crippen molar-refractivity contribution in [3.05, 3.63) is 21.9 Å². The summed E-state index contributed by atoms with van der Waals surface area (Å²) < 4.78 is 0. The number of aryl methyl sites for hydroxylation is 1. The molecule has 0 aliphatic heterocycles. The third kappa shape index (κ3) is 5.09. The van der Waals surface area contributed by atoms with Gasteiger partial charge in [-0.2, -0.15) is 0 Å². The number of carbonyl (C=O) groups excluding carboxylic acids is 1. The second kappa shape index (κ2) is 6.75. The van der Waals surface area contributed by atoms with Crippen molar-refractivity contribution in [3.8, 4) is 0 Å². The quantitative estimate of drug-likeness (QED) is 0.723. The van der Waals surface area contributed by atoms with Crippen LogP contribution in [-0.4, -0.2) is 18.9 Å². The van der Waals surface area contributed by atoms with E-state index in [2.05, 4.69) is 23.7 Å². The first-order valence-electron chi connectivity index (χ1n) is 5.43. The number of nitrogens with one attached hydrogen (secondary N) is 1. The van der Waals surface area contributed by atoms with Gasteiger partial charge in [-0.3, -0.25) is 0 Å². The normalized spacial score (nSPS) is 10.5. The van der Waals surface area contributed by atoms with Gasteiger partial charge in [0.05, 0.1) is 0 Å². The lowest BCUT2D eigenvalue weighted by atomic mass is 10.2. The van der Waals surface area contributed by atoms with Gasteiger partial charge in [0, 0.05) is 11.3 Å². The standard InChI is InChI=1S/C12H19NOS/c1-10-6-9-15-12(10)5-8-13-7-3-4-11(2)14/h6,9,13H,3-5,7-8H2,1-2H3. The van der Waals surface area contributed by atoms with Crippen molar-refractivity contribution in [1.82, 2.24) is 5.32 Å². The zero-order valence-corrected chi connectivity index (χ0v) is 10.3. The summed E-state index contributed by atoms with van der Waals surface area (Å²) in [5, 5.41) is 5.50. The molecule has 0 aromatic carbocycles. The van der Waals surface area contributed by atoms with E-state index in [4.69, 9.17) is 0 Å². The number of Topliss-reactive ketones (excluding diaryl/α,β-unsaturated/α-hetero) is 1. The average molecular weight is 225 g/mol. The van der Waals surface area contributed by atoms with Crippen LogP contribution in [-0.2, 0) is 11.2 Å². The lowest BCUT2D eigenvalue weighted by Crippen LogP contribution is -2.18. The molecule has 2 nitrogen and oxygen atoms in total. The predicted molar refractivity (Wildman–Crippen MR) is 65.5 cm³/mol. The van der Waals surface area contributed by atoms with E-state index in [-0.39, 0.29) is 5.78 Å². The summed E-state index contributed by atoms with van der Waals surface area (Å²) in [5.41, 5.74) is 1.39. The molecule has 0 fully saturated rings. The van der Waals surface area contributed by atoms with Crippen molar-refractivity contribution in [2.75, 3.05) is 13.1 Å². The lowest BCUT2D eigenvalue weighted by Gasteiger charge is -2.03. The third-order valence-electron chi connectivity index (χ3n) is 2.38. The highest BCUT2D eigenvalue weighted by molar-refractivity contribution is 7.10. The molecule has 1 N–H and O–H groups in total. The highest BCUT2D eigenvalue weighted by Gasteiger charge is 1.98. The number of carbonyl (C=O) groups is 1. The summed E-state index contributed by atoms with van der Waals surface area (Å²) >= 11 is 1.82. The molecule has 0 aliphatic carbocycles. The Morgan fingerprint density at radius 1 is 1.47 bits per heavy atom. The minimum Gasteiger partial charge on any atom is -0.316 e. The summed E-state index contributed by atoms with van der Waals surface area (Å²) in [6.07, 6.45) is 2.76. The Bertz CT molecular complexity index is 306. The van der Waals surface area contributed by atoms with Crippen LogP contribution >= 0.6 is 11.3 Å². The van der Waals surface area contributed by atoms with Crippen LogP contribution < -0.4 is 5.32 Å². The Kier molecular flexibility index (Phi) is 5.58. The summed E-state index contributed by atoms with van der Waals surface area (Å²) in [5.74, 6) is 0.283. The monoisotopic (exact) mass is 225 g/mol. The maximum Gasteiger partial charge on any atom is 0.129 e. The van der Waals surface area contributed by atoms with Crippen LogP contribution in [0.2, 0.25) is 0 Å². The largest absolute Gasteiger partial charge is 0.316 e. The lowest BCUT2D eigenvalue weighted by molar-refractivity contribution is -0.117. The first-order valence-corrected chi connectivity index (χ1v) is 6.31. The summed E-state index contributed by atoms with van der Waals surface area (Å²) in [4.78, 5) is 12.1. The maximum atomic E-state index is 10.7. The smallest absolute Gasteiger partial charge is 0.129 e. The fourth-order valence-electron chi connectivity index (χ4n) is 1.45. The van der Waals surface area contributed by atoms with Gasteiger partial charge in [-0.25, -0.2) is 0 Å². The molecule has 15 heavy (non-hydrogen) atoms. The highest BCUT2D eigenvalue weighted by atomic mass is 32.1. The number of hydrogen-bond acceptors (Lipinski definition) is 3. The van der Waals surface area contributed by atoms with Crippen LogP contribution in [0.4, 0.5) is 0 Å². The average Bonchev–Trinajstić information content (AvgIpc) is 2.57. The Hall–Kier alpha value is -0.670. The predicted octanol–water partition coefficient (Wildman–Crippen LogP) is 2.56. The minimum atomic E-state index is 0.283. The van der Waals surface area contributed by atoms with Crippen LogP contribution in [0.25, 0.3) is 0 Å². The van der Waals surface area contributed by atoms with Gasteiger partial charge in [-0.15, -0.1) is 11.3 Å². The molecule has 0 aliphatic rings. The van der Waals surface area contributed by atoms with E-state index in [1.807, 2.05) is 11.3 Å². The molecule has 1 heterocycles. The first kappa shape index (κ1) is 12.4. The van der Waals surface area contributed by atoms with Crippen molar-refractivity contribution in [3.63, 3.8) is 0 Å². The molecule has 0 unspecified atom stereocenters. The van der Waals surface area contributed by atoms with Crippen LogP contribution in [0.1, 0.15) is 30.2 Å². The van der Waals surface area contributed by atoms with Crippen LogP contribution in [0, 0.1) is 6.92 Å². The Morgan fingerprint density at radius 3 is 2.87 bits per heavy atom. The number of ketones is 1. The molecular weight excluding hydrogens is 206 g/mol. The Morgan fingerprint density at radius 2 is 2.27 bits per heavy atom. The van der Waals surface area contributed by atoms with Gasteiger partial charge < -0.3 is 10.1 Å². The topological polar surface area (TPSA) is 29.1 Å². The molecular formula is C12H19NOS. The van der Waals surface area contributed by atoms with E-state index in [1.54, 1.807) is 6.92 Å². The van der Waals surface area contributed by atoms with E-state index >= 15 is 0 Å². The third-order valence-corrected chi connectivity index (χ3v) is 3.46. The van der Waals surface area contributed by atoms with Crippen LogP contribution in [0.3, 0.4) is 0 Å². The van der Waals surface area contributed by atoms with E-state index < -0.39 is 0 Å². The summed E-state index contributed by atoms with van der Waals surface area (Å²) in [6, 6.07) is 2.16. The van der Waals surface area contributed by atoms with Crippen molar-refractivity contribution in [1.29, 1.82) is 0 Å². The highest BCUT2D eigenvalue weighted by Crippen LogP contribution is 2.15. The number of thiophene rings is 1. The van der Waals surface area contributed by atoms with Crippen molar-refractivity contribution in [2.24, 2.45) is 0 Å². The number of hydrogen-bond donors (Lipinski definition) is 1. The number of rotatable bonds is 7. The molecule has 0 radical (unpaired) electrons. The molecule has 84 valence electrons. The molecule has 1 aromatic rings. The van der Waals surface area contributed by atoms with Crippen molar-refractivity contribution >= 4 is 17.1 Å². The molecule has 0 spiro atoms. The second-order valence-corrected chi connectivity index (χ2v) is 4.83. The van der Waals surface area contributed by atoms with Gasteiger partial charge in [0.2, 0.25) is 0 Å². The van der Waals surface area contributed by atoms with Crippen LogP contribution in [0.5, 0.6) is 0 Å². The maximum absolute atomic E-state index is 10.7. The molecule has 0 saturated carbocycles. The minimum absolute atomic E-state index is 0.283. The van der Waals surface area contributed by atoms with E-state index in [0.717, 1.165) is 25.9 Å². The van der Waals surface area contributed by atoms with Gasteiger partial charge in [0.15, 0.2) is 0 Å². The summed E-state index contributed by atoms with van der Waals surface area (Å²) in [7, 11) is 0. The SMILES string of the molecule is CC(=O)CCCNCCc1sccc1C. The van der Waals surface area contributed by atoms with Crippen LogP contribution in [0.15, 0.2) is 11.4 Å². The zero-order valence-electron chi connectivity index (χ0n) is 9.51. The van der Waals surface area contributed by atoms with Gasteiger partial charge >= 0.3 is 0 Å². The Labute approximate surface area is 95.7 Å². The van der Waals surface area contributed by atoms with E-state index in [1.165, 1.54) is 10.4 Å². The molecule has 3 heteroatoms. The van der Waals surface area contributed by atoms with Gasteiger partial charge in [-0.1, -0.05) is 0 Å². The zero-order chi connectivity index (χ0) is 11.1. The van der Waals surface area contributed by atoms with Gasteiger partial charge in [0.1, 0.15) is 5.78 Å². The van der Waals surface area contributed by atoms with E-state index in [0.29, 0.717) is 6.42 Å².